The Bertz CT molecular complexity index is 696. The summed E-state index contributed by atoms with van der Waals surface area (Å²) >= 11 is 0. The highest BCUT2D eigenvalue weighted by atomic mass is 19.1. The molecule has 1 atom stereocenters. The Morgan fingerprint density at radius 3 is 2.77 bits per heavy atom. The average molecular weight is 359 g/mol. The van der Waals surface area contributed by atoms with Gasteiger partial charge in [0.05, 0.1) is 6.20 Å². The molecule has 140 valence electrons. The lowest BCUT2D eigenvalue weighted by Gasteiger charge is -2.24. The van der Waals surface area contributed by atoms with E-state index in [4.69, 9.17) is 4.74 Å². The minimum atomic E-state index is -0.473. The highest BCUT2D eigenvalue weighted by molar-refractivity contribution is 5.37. The Kier molecular flexibility index (Phi) is 7.47. The number of halogens is 1. The van der Waals surface area contributed by atoms with Crippen LogP contribution in [0.3, 0.4) is 0 Å². The van der Waals surface area contributed by atoms with Gasteiger partial charge in [0.15, 0.2) is 11.6 Å². The molecule has 2 aromatic heterocycles. The monoisotopic (exact) mass is 359 g/mol. The first-order valence-corrected chi connectivity index (χ1v) is 8.54. The summed E-state index contributed by atoms with van der Waals surface area (Å²) in [6.07, 6.45) is 8.06. The second-order valence-corrected chi connectivity index (χ2v) is 6.38. The summed E-state index contributed by atoms with van der Waals surface area (Å²) < 4.78 is 19.7. The van der Waals surface area contributed by atoms with E-state index in [1.54, 1.807) is 25.2 Å². The van der Waals surface area contributed by atoms with Crippen LogP contribution in [-0.4, -0.2) is 53.6 Å². The van der Waals surface area contributed by atoms with Crippen molar-refractivity contribution in [3.05, 3.63) is 54.8 Å². The van der Waals surface area contributed by atoms with Crippen LogP contribution in [-0.2, 0) is 6.54 Å². The minimum Gasteiger partial charge on any atom is -0.459 e. The number of nitrogens with zero attached hydrogens (tertiary/aromatic N) is 5. The summed E-state index contributed by atoms with van der Waals surface area (Å²) in [5.41, 5.74) is 1.13. The molecule has 26 heavy (non-hydrogen) atoms. The van der Waals surface area contributed by atoms with Crippen LogP contribution in [0.2, 0.25) is 0 Å². The standard InChI is InChI=1S/C19H26FN5O/c1-5-6-9-16(14-25(4)13-15-8-7-10-21-11-15)26-19-22-12-17(20)18(23-19)24(2)3/h5,7-8,10-12,16H,1,6,9,13-14H2,2-4H3. The van der Waals surface area contributed by atoms with Crippen LogP contribution in [0.25, 0.3) is 0 Å². The van der Waals surface area contributed by atoms with E-state index in [1.807, 2.05) is 31.5 Å². The van der Waals surface area contributed by atoms with E-state index in [1.165, 1.54) is 0 Å². The van der Waals surface area contributed by atoms with Gasteiger partial charge in [0.25, 0.3) is 0 Å². The molecule has 0 aliphatic heterocycles. The van der Waals surface area contributed by atoms with E-state index >= 15 is 0 Å². The number of anilines is 1. The van der Waals surface area contributed by atoms with Crippen molar-refractivity contribution in [2.45, 2.75) is 25.5 Å². The lowest BCUT2D eigenvalue weighted by atomic mass is 10.1. The van der Waals surface area contributed by atoms with E-state index in [2.05, 4.69) is 26.4 Å². The zero-order valence-corrected chi connectivity index (χ0v) is 15.6. The van der Waals surface area contributed by atoms with Gasteiger partial charge in [-0.3, -0.25) is 9.88 Å². The average Bonchev–Trinajstić information content (AvgIpc) is 2.61. The van der Waals surface area contributed by atoms with Crippen molar-refractivity contribution in [3.63, 3.8) is 0 Å². The van der Waals surface area contributed by atoms with Gasteiger partial charge in [0.1, 0.15) is 6.10 Å². The zero-order valence-electron chi connectivity index (χ0n) is 15.6. The fraction of sp³-hybridized carbons (Fsp3) is 0.421. The van der Waals surface area contributed by atoms with Crippen LogP contribution in [0.15, 0.2) is 43.4 Å². The predicted molar refractivity (Wildman–Crippen MR) is 101 cm³/mol. The van der Waals surface area contributed by atoms with Crippen LogP contribution in [0.4, 0.5) is 10.2 Å². The molecule has 0 aliphatic carbocycles. The maximum Gasteiger partial charge on any atom is 0.318 e. The van der Waals surface area contributed by atoms with Crippen molar-refractivity contribution >= 4 is 5.82 Å². The van der Waals surface area contributed by atoms with E-state index < -0.39 is 5.82 Å². The van der Waals surface area contributed by atoms with Gasteiger partial charge in [0, 0.05) is 39.6 Å². The molecular formula is C19H26FN5O. The summed E-state index contributed by atoms with van der Waals surface area (Å²) in [7, 11) is 5.48. The topological polar surface area (TPSA) is 54.4 Å². The molecule has 7 heteroatoms. The van der Waals surface area contributed by atoms with Crippen LogP contribution in [0.1, 0.15) is 18.4 Å². The van der Waals surface area contributed by atoms with E-state index in [-0.39, 0.29) is 17.9 Å². The quantitative estimate of drug-likeness (QED) is 0.608. The summed E-state index contributed by atoms with van der Waals surface area (Å²) in [6, 6.07) is 4.14. The van der Waals surface area contributed by atoms with Crippen molar-refractivity contribution < 1.29 is 9.13 Å². The third-order valence-corrected chi connectivity index (χ3v) is 3.78. The number of allylic oxidation sites excluding steroid dienone is 1. The van der Waals surface area contributed by atoms with Crippen LogP contribution in [0, 0.1) is 5.82 Å². The molecule has 2 aromatic rings. The molecule has 0 amide bonds. The number of hydrogen-bond acceptors (Lipinski definition) is 6. The molecule has 0 radical (unpaired) electrons. The molecule has 0 saturated carbocycles. The molecule has 0 aliphatic rings. The Morgan fingerprint density at radius 1 is 1.31 bits per heavy atom. The van der Waals surface area contributed by atoms with E-state index in [9.17, 15) is 4.39 Å². The second-order valence-electron chi connectivity index (χ2n) is 6.38. The largest absolute Gasteiger partial charge is 0.459 e. The lowest BCUT2D eigenvalue weighted by molar-refractivity contribution is 0.126. The van der Waals surface area contributed by atoms with Crippen molar-refractivity contribution in [1.29, 1.82) is 0 Å². The molecule has 0 saturated heterocycles. The van der Waals surface area contributed by atoms with Crippen LogP contribution in [0.5, 0.6) is 6.01 Å². The third kappa shape index (κ3) is 6.07. The molecule has 2 heterocycles. The Morgan fingerprint density at radius 2 is 2.12 bits per heavy atom. The molecule has 0 spiro atoms. The SMILES string of the molecule is C=CCCC(CN(C)Cc1cccnc1)Oc1ncc(F)c(N(C)C)n1. The number of pyridine rings is 1. The summed E-state index contributed by atoms with van der Waals surface area (Å²) in [4.78, 5) is 16.0. The molecule has 6 nitrogen and oxygen atoms in total. The Balaban J connectivity index is 2.04. The fourth-order valence-corrected chi connectivity index (χ4v) is 2.57. The fourth-order valence-electron chi connectivity index (χ4n) is 2.57. The minimum absolute atomic E-state index is 0.129. The maximum atomic E-state index is 13.8. The summed E-state index contributed by atoms with van der Waals surface area (Å²) in [6.45, 7) is 5.21. The van der Waals surface area contributed by atoms with Gasteiger partial charge < -0.3 is 9.64 Å². The number of ether oxygens (including phenoxy) is 1. The maximum absolute atomic E-state index is 13.8. The molecular weight excluding hydrogens is 333 g/mol. The molecule has 0 fully saturated rings. The second kappa shape index (κ2) is 9.82. The summed E-state index contributed by atoms with van der Waals surface area (Å²) in [5, 5.41) is 0. The van der Waals surface area contributed by atoms with Gasteiger partial charge >= 0.3 is 6.01 Å². The van der Waals surface area contributed by atoms with Gasteiger partial charge in [-0.1, -0.05) is 12.1 Å². The molecule has 2 rings (SSSR count). The number of likely N-dealkylation sites (N-methyl/N-ethyl adjacent to an activating group) is 1. The highest BCUT2D eigenvalue weighted by Crippen LogP contribution is 2.18. The first kappa shape index (κ1) is 19.8. The highest BCUT2D eigenvalue weighted by Gasteiger charge is 2.17. The van der Waals surface area contributed by atoms with Gasteiger partial charge in [-0.2, -0.15) is 4.98 Å². The lowest BCUT2D eigenvalue weighted by Crippen LogP contribution is -2.33. The number of aromatic nitrogens is 3. The smallest absolute Gasteiger partial charge is 0.318 e. The van der Waals surface area contributed by atoms with Gasteiger partial charge in [-0.05, 0) is 31.5 Å². The number of hydrogen-bond donors (Lipinski definition) is 0. The van der Waals surface area contributed by atoms with Crippen molar-refractivity contribution in [3.8, 4) is 6.01 Å². The molecule has 0 N–H and O–H groups in total. The first-order chi connectivity index (χ1) is 12.5. The van der Waals surface area contributed by atoms with Crippen molar-refractivity contribution in [2.75, 3.05) is 32.6 Å². The van der Waals surface area contributed by atoms with Gasteiger partial charge in [-0.25, -0.2) is 9.37 Å². The molecule has 0 bridgehead atoms. The molecule has 0 aromatic carbocycles. The third-order valence-electron chi connectivity index (χ3n) is 3.78. The van der Waals surface area contributed by atoms with Crippen LogP contribution >= 0.6 is 0 Å². The zero-order chi connectivity index (χ0) is 18.9. The Labute approximate surface area is 154 Å². The summed E-state index contributed by atoms with van der Waals surface area (Å²) in [5.74, 6) is -0.264. The van der Waals surface area contributed by atoms with Gasteiger partial charge in [0.2, 0.25) is 0 Å². The molecule has 1 unspecified atom stereocenters. The number of rotatable bonds is 10. The first-order valence-electron chi connectivity index (χ1n) is 8.54. The van der Waals surface area contributed by atoms with Crippen molar-refractivity contribution in [1.82, 2.24) is 19.9 Å². The van der Waals surface area contributed by atoms with Gasteiger partial charge in [-0.15, -0.1) is 6.58 Å². The Hall–Kier alpha value is -2.54. The van der Waals surface area contributed by atoms with E-state index in [0.29, 0.717) is 6.54 Å². The predicted octanol–water partition coefficient (Wildman–Crippen LogP) is 2.92. The van der Waals surface area contributed by atoms with Crippen LogP contribution < -0.4 is 9.64 Å². The van der Waals surface area contributed by atoms with E-state index in [0.717, 1.165) is 31.1 Å². The van der Waals surface area contributed by atoms with Crippen molar-refractivity contribution in [2.24, 2.45) is 0 Å². The normalized spacial score (nSPS) is 12.0.